The third kappa shape index (κ3) is 5.35. The van der Waals surface area contributed by atoms with Crippen LogP contribution in [0.25, 0.3) is 10.9 Å². The maximum atomic E-state index is 12.9. The van der Waals surface area contributed by atoms with Gasteiger partial charge in [-0.1, -0.05) is 45.3 Å². The van der Waals surface area contributed by atoms with Gasteiger partial charge in [0.05, 0.1) is 5.75 Å². The molecule has 1 aromatic carbocycles. The Labute approximate surface area is 173 Å². The number of hydrogen-bond acceptors (Lipinski definition) is 3. The molecule has 0 unspecified atom stereocenters. The highest BCUT2D eigenvalue weighted by atomic mass is 32.2. The molecular formula is C20H37N3O2SSi2. The van der Waals surface area contributed by atoms with Crippen molar-refractivity contribution in [2.45, 2.75) is 51.5 Å². The fraction of sp³-hybridized carbons (Fsp3) is 0.600. The van der Waals surface area contributed by atoms with Crippen molar-refractivity contribution >= 4 is 37.4 Å². The average Bonchev–Trinajstić information content (AvgIpc) is 2.89. The number of aromatic nitrogens is 1. The standard InChI is InChI=1S/C20H37N3O2SSi2/c1-21(2)13-12-18-15-23(28(7,8)9)20-11-10-17(14-19(18)20)16-26(24,25)22(3)27(4,5)6/h10-11,14-15H,12-13,16H2,1-9H3. The molecule has 2 aromatic rings. The summed E-state index contributed by atoms with van der Waals surface area (Å²) >= 11 is 0. The Morgan fingerprint density at radius 2 is 1.61 bits per heavy atom. The van der Waals surface area contributed by atoms with Crippen LogP contribution < -0.4 is 0 Å². The Morgan fingerprint density at radius 3 is 2.11 bits per heavy atom. The quantitative estimate of drug-likeness (QED) is 0.584. The zero-order valence-electron chi connectivity index (χ0n) is 19.0. The summed E-state index contributed by atoms with van der Waals surface area (Å²) in [6.45, 7) is 14.2. The third-order valence-electron chi connectivity index (χ3n) is 5.21. The molecule has 0 fully saturated rings. The molecule has 0 aliphatic heterocycles. The van der Waals surface area contributed by atoms with Gasteiger partial charge in [-0.15, -0.1) is 0 Å². The molecular weight excluding hydrogens is 402 g/mol. The molecule has 0 saturated carbocycles. The molecule has 0 aliphatic carbocycles. The highest BCUT2D eigenvalue weighted by molar-refractivity contribution is 7.89. The van der Waals surface area contributed by atoms with Gasteiger partial charge in [-0.3, -0.25) is 0 Å². The Kier molecular flexibility index (Phi) is 6.72. The van der Waals surface area contributed by atoms with Crippen LogP contribution in [0.2, 0.25) is 39.3 Å². The van der Waals surface area contributed by atoms with Crippen molar-refractivity contribution in [1.29, 1.82) is 0 Å². The first-order chi connectivity index (χ1) is 12.6. The molecule has 28 heavy (non-hydrogen) atoms. The first-order valence-corrected chi connectivity index (χ1v) is 18.4. The second-order valence-corrected chi connectivity index (χ2v) is 22.2. The molecule has 158 valence electrons. The Balaban J connectivity index is 2.49. The summed E-state index contributed by atoms with van der Waals surface area (Å²) in [5.74, 6) is 0.0644. The van der Waals surface area contributed by atoms with E-state index in [1.54, 1.807) is 11.0 Å². The first kappa shape index (κ1) is 23.3. The monoisotopic (exact) mass is 439 g/mol. The van der Waals surface area contributed by atoms with Crippen LogP contribution >= 0.6 is 0 Å². The largest absolute Gasteiger partial charge is 0.375 e. The van der Waals surface area contributed by atoms with Gasteiger partial charge in [0.25, 0.3) is 0 Å². The minimum Gasteiger partial charge on any atom is -0.375 e. The summed E-state index contributed by atoms with van der Waals surface area (Å²) in [6.07, 6.45) is 3.26. The lowest BCUT2D eigenvalue weighted by atomic mass is 10.1. The molecule has 0 spiro atoms. The van der Waals surface area contributed by atoms with Crippen LogP contribution in [0, 0.1) is 0 Å². The molecule has 0 N–H and O–H groups in total. The lowest BCUT2D eigenvalue weighted by molar-refractivity contribution is 0.414. The summed E-state index contributed by atoms with van der Waals surface area (Å²) in [4.78, 5) is 2.19. The summed E-state index contributed by atoms with van der Waals surface area (Å²) in [6, 6.07) is 6.21. The van der Waals surface area contributed by atoms with Crippen molar-refractivity contribution in [3.8, 4) is 0 Å². The number of rotatable bonds is 8. The Bertz CT molecular complexity index is 939. The fourth-order valence-corrected chi connectivity index (χ4v) is 9.05. The van der Waals surface area contributed by atoms with E-state index in [4.69, 9.17) is 0 Å². The van der Waals surface area contributed by atoms with E-state index in [0.29, 0.717) is 0 Å². The molecule has 0 atom stereocenters. The van der Waals surface area contributed by atoms with Crippen LogP contribution in [0.1, 0.15) is 11.1 Å². The lowest BCUT2D eigenvalue weighted by Gasteiger charge is -2.29. The van der Waals surface area contributed by atoms with E-state index in [1.807, 2.05) is 6.07 Å². The van der Waals surface area contributed by atoms with Crippen LogP contribution in [-0.4, -0.2) is 65.7 Å². The van der Waals surface area contributed by atoms with E-state index in [-0.39, 0.29) is 5.75 Å². The predicted molar refractivity (Wildman–Crippen MR) is 127 cm³/mol. The topological polar surface area (TPSA) is 45.6 Å². The van der Waals surface area contributed by atoms with E-state index in [0.717, 1.165) is 18.5 Å². The zero-order chi connectivity index (χ0) is 21.5. The second-order valence-electron chi connectivity index (χ2n) is 9.99. The number of hydrogen-bond donors (Lipinski definition) is 0. The molecule has 1 aromatic heterocycles. The zero-order valence-corrected chi connectivity index (χ0v) is 21.8. The van der Waals surface area contributed by atoms with Crippen molar-refractivity contribution in [1.82, 2.24) is 13.1 Å². The normalized spacial score (nSPS) is 13.8. The number of nitrogens with zero attached hydrogens (tertiary/aromatic N) is 3. The SMILES string of the molecule is CN(C)CCc1cn([Si](C)(C)C)c2ccc(CS(=O)(=O)N(C)[Si](C)(C)C)cc12. The molecule has 2 rings (SSSR count). The lowest BCUT2D eigenvalue weighted by Crippen LogP contribution is -2.47. The van der Waals surface area contributed by atoms with Crippen molar-refractivity contribution in [3.63, 3.8) is 0 Å². The van der Waals surface area contributed by atoms with E-state index in [1.165, 1.54) is 16.5 Å². The first-order valence-electron chi connectivity index (χ1n) is 9.88. The van der Waals surface area contributed by atoms with Gasteiger partial charge in [0, 0.05) is 17.4 Å². The Hall–Kier alpha value is -0.936. The van der Waals surface area contributed by atoms with Crippen molar-refractivity contribution in [2.75, 3.05) is 27.7 Å². The van der Waals surface area contributed by atoms with Gasteiger partial charge in [0.1, 0.15) is 8.24 Å². The van der Waals surface area contributed by atoms with Crippen molar-refractivity contribution < 1.29 is 8.42 Å². The molecule has 0 amide bonds. The summed E-state index contributed by atoms with van der Waals surface area (Å²) < 4.78 is 29.9. The Morgan fingerprint density at radius 1 is 1.00 bits per heavy atom. The minimum absolute atomic E-state index is 0.0644. The maximum absolute atomic E-state index is 12.9. The summed E-state index contributed by atoms with van der Waals surface area (Å²) in [5.41, 5.74) is 3.41. The number of likely N-dealkylation sites (N-methyl/N-ethyl adjacent to an activating group) is 1. The van der Waals surface area contributed by atoms with Gasteiger partial charge in [0.15, 0.2) is 8.24 Å². The molecule has 0 radical (unpaired) electrons. The molecule has 0 saturated heterocycles. The van der Waals surface area contributed by atoms with Crippen LogP contribution in [0.4, 0.5) is 0 Å². The van der Waals surface area contributed by atoms with E-state index < -0.39 is 26.5 Å². The number of fused-ring (bicyclic) bond motifs is 1. The van der Waals surface area contributed by atoms with E-state index >= 15 is 0 Å². The molecule has 0 aliphatic rings. The van der Waals surface area contributed by atoms with Gasteiger partial charge >= 0.3 is 0 Å². The minimum atomic E-state index is -3.31. The summed E-state index contributed by atoms with van der Waals surface area (Å²) in [5, 5.41) is 1.20. The van der Waals surface area contributed by atoms with Crippen LogP contribution in [0.3, 0.4) is 0 Å². The predicted octanol–water partition coefficient (Wildman–Crippen LogP) is 4.02. The smallest absolute Gasteiger partial charge is 0.212 e. The van der Waals surface area contributed by atoms with Crippen LogP contribution in [-0.2, 0) is 22.2 Å². The van der Waals surface area contributed by atoms with E-state index in [9.17, 15) is 8.42 Å². The second kappa shape index (κ2) is 8.06. The maximum Gasteiger partial charge on any atom is 0.212 e. The number of sulfonamides is 1. The van der Waals surface area contributed by atoms with Crippen molar-refractivity contribution in [3.05, 3.63) is 35.5 Å². The average molecular weight is 440 g/mol. The van der Waals surface area contributed by atoms with Crippen molar-refractivity contribution in [2.24, 2.45) is 0 Å². The molecule has 0 bridgehead atoms. The van der Waals surface area contributed by atoms with Gasteiger partial charge in [-0.2, -0.15) is 0 Å². The van der Waals surface area contributed by atoms with Gasteiger partial charge in [-0.25, -0.2) is 12.4 Å². The summed E-state index contributed by atoms with van der Waals surface area (Å²) in [7, 11) is -0.891. The van der Waals surface area contributed by atoms with Gasteiger partial charge in [-0.05, 0) is 57.0 Å². The van der Waals surface area contributed by atoms with E-state index in [2.05, 4.69) is 80.8 Å². The van der Waals surface area contributed by atoms with Crippen LogP contribution in [0.5, 0.6) is 0 Å². The van der Waals surface area contributed by atoms with Gasteiger partial charge < -0.3 is 9.13 Å². The highest BCUT2D eigenvalue weighted by Gasteiger charge is 2.31. The fourth-order valence-electron chi connectivity index (χ4n) is 3.26. The highest BCUT2D eigenvalue weighted by Crippen LogP contribution is 2.28. The van der Waals surface area contributed by atoms with Gasteiger partial charge in [0.2, 0.25) is 10.0 Å². The molecule has 8 heteroatoms. The molecule has 1 heterocycles. The number of benzene rings is 1. The molecule has 5 nitrogen and oxygen atoms in total. The van der Waals surface area contributed by atoms with Crippen LogP contribution in [0.15, 0.2) is 24.4 Å². The third-order valence-corrected chi connectivity index (χ3v) is 12.9.